The van der Waals surface area contributed by atoms with Crippen LogP contribution in [-0.4, -0.2) is 45.7 Å². The number of hydrogen-bond acceptors (Lipinski definition) is 5. The van der Waals surface area contributed by atoms with E-state index < -0.39 is 0 Å². The Morgan fingerprint density at radius 1 is 1.21 bits per heavy atom. The molecule has 8 nitrogen and oxygen atoms in total. The van der Waals surface area contributed by atoms with Crippen molar-refractivity contribution in [2.75, 3.05) is 18.4 Å². The first kappa shape index (κ1) is 17.9. The van der Waals surface area contributed by atoms with E-state index in [2.05, 4.69) is 26.0 Å². The minimum atomic E-state index is -0.195. The summed E-state index contributed by atoms with van der Waals surface area (Å²) in [5, 5.41) is 13.7. The quantitative estimate of drug-likeness (QED) is 0.715. The minimum absolute atomic E-state index is 0.143. The Balaban J connectivity index is 1.07. The summed E-state index contributed by atoms with van der Waals surface area (Å²) in [5.41, 5.74) is 0.542. The lowest BCUT2D eigenvalue weighted by Crippen LogP contribution is -2.35. The number of amides is 2. The normalized spacial score (nSPS) is 29.9. The second-order valence-corrected chi connectivity index (χ2v) is 9.30. The van der Waals surface area contributed by atoms with Gasteiger partial charge in [0.15, 0.2) is 0 Å². The zero-order chi connectivity index (χ0) is 19.1. The van der Waals surface area contributed by atoms with Crippen molar-refractivity contribution >= 4 is 17.8 Å². The summed E-state index contributed by atoms with van der Waals surface area (Å²) >= 11 is 0. The first-order valence-corrected chi connectivity index (χ1v) is 10.9. The summed E-state index contributed by atoms with van der Waals surface area (Å²) in [6.45, 7) is 2.41. The highest BCUT2D eigenvalue weighted by molar-refractivity contribution is 5.91. The van der Waals surface area contributed by atoms with Crippen LogP contribution < -0.4 is 16.0 Å². The van der Waals surface area contributed by atoms with Gasteiger partial charge < -0.3 is 16.0 Å². The highest BCUT2D eigenvalue weighted by atomic mass is 16.2. The lowest BCUT2D eigenvalue weighted by atomic mass is 10.0. The maximum atomic E-state index is 12.5. The molecule has 152 valence electrons. The summed E-state index contributed by atoms with van der Waals surface area (Å²) in [4.78, 5) is 29.2. The molecule has 5 rings (SSSR count). The molecule has 0 aromatic carbocycles. The van der Waals surface area contributed by atoms with Gasteiger partial charge >= 0.3 is 0 Å². The lowest BCUT2D eigenvalue weighted by molar-refractivity contribution is -0.125. The fourth-order valence-electron chi connectivity index (χ4n) is 5.25. The fourth-order valence-corrected chi connectivity index (χ4v) is 5.25. The molecule has 3 atom stereocenters. The second kappa shape index (κ2) is 7.04. The molecule has 2 amide bonds. The van der Waals surface area contributed by atoms with Crippen LogP contribution >= 0.6 is 0 Å². The Bertz CT molecular complexity index is 747. The van der Waals surface area contributed by atoms with Crippen LogP contribution in [0.5, 0.6) is 0 Å². The van der Waals surface area contributed by atoms with Crippen molar-refractivity contribution in [2.45, 2.75) is 70.4 Å². The number of carbonyl (C=O) groups excluding carboxylic acids is 2. The molecule has 3 saturated carbocycles. The first-order valence-electron chi connectivity index (χ1n) is 10.9. The largest absolute Gasteiger partial charge is 0.356 e. The van der Waals surface area contributed by atoms with Crippen LogP contribution in [0.1, 0.15) is 68.4 Å². The van der Waals surface area contributed by atoms with E-state index in [9.17, 15) is 9.59 Å². The molecule has 3 N–H and O–H groups in total. The maximum Gasteiger partial charge on any atom is 0.291 e. The van der Waals surface area contributed by atoms with E-state index in [0.29, 0.717) is 17.3 Å². The van der Waals surface area contributed by atoms with Gasteiger partial charge in [0.25, 0.3) is 5.91 Å². The Labute approximate surface area is 165 Å². The van der Waals surface area contributed by atoms with Crippen molar-refractivity contribution in [1.29, 1.82) is 0 Å². The zero-order valence-corrected chi connectivity index (χ0v) is 16.4. The van der Waals surface area contributed by atoms with Crippen LogP contribution in [0.3, 0.4) is 0 Å². The molecule has 0 bridgehead atoms. The molecular formula is C20H30N6O2. The Kier molecular flexibility index (Phi) is 4.51. The molecule has 4 aliphatic rings. The van der Waals surface area contributed by atoms with Crippen LogP contribution in [0.15, 0.2) is 0 Å². The predicted molar refractivity (Wildman–Crippen MR) is 104 cm³/mol. The minimum Gasteiger partial charge on any atom is -0.356 e. The molecule has 0 saturated heterocycles. The molecule has 1 aliphatic heterocycles. The number of nitrogens with one attached hydrogen (secondary N) is 3. The molecule has 1 aromatic rings. The number of hydrogen-bond donors (Lipinski definition) is 3. The first-order chi connectivity index (χ1) is 13.6. The molecule has 3 aliphatic carbocycles. The summed E-state index contributed by atoms with van der Waals surface area (Å²) < 4.78 is 1.76. The van der Waals surface area contributed by atoms with Gasteiger partial charge in [-0.05, 0) is 69.1 Å². The van der Waals surface area contributed by atoms with E-state index in [4.69, 9.17) is 0 Å². The van der Waals surface area contributed by atoms with Crippen LogP contribution in [0.25, 0.3) is 0 Å². The SMILES string of the molecule is O=C(N[C@H]1CC[C@@H](CNC(=O)C2CCC3(CC3)C2)C1)c1nc2n(n1)CCCN2. The van der Waals surface area contributed by atoms with E-state index in [0.717, 1.165) is 58.2 Å². The van der Waals surface area contributed by atoms with Crippen LogP contribution in [0.2, 0.25) is 0 Å². The van der Waals surface area contributed by atoms with Gasteiger partial charge in [-0.15, -0.1) is 5.10 Å². The number of rotatable bonds is 5. The van der Waals surface area contributed by atoms with Crippen molar-refractivity contribution < 1.29 is 9.59 Å². The average molecular weight is 387 g/mol. The van der Waals surface area contributed by atoms with Crippen molar-refractivity contribution in [2.24, 2.45) is 17.3 Å². The Morgan fingerprint density at radius 3 is 2.89 bits per heavy atom. The predicted octanol–water partition coefficient (Wildman–Crippen LogP) is 1.69. The second-order valence-electron chi connectivity index (χ2n) is 9.30. The van der Waals surface area contributed by atoms with Crippen LogP contribution in [0.4, 0.5) is 5.95 Å². The van der Waals surface area contributed by atoms with E-state index in [1.54, 1.807) is 4.68 Å². The standard InChI is InChI=1S/C20H30N6O2/c27-17(14-4-5-20(11-14)6-7-20)22-12-13-2-3-15(10-13)23-18(28)16-24-19-21-8-1-9-26(19)25-16/h13-15H,1-12H2,(H,22,27)(H,23,28)(H,21,24,25)/t13-,14?,15+/m1/s1. The van der Waals surface area contributed by atoms with Gasteiger partial charge in [0, 0.05) is 31.6 Å². The third-order valence-electron chi connectivity index (χ3n) is 7.18. The average Bonchev–Trinajstić information content (AvgIpc) is 3.07. The maximum absolute atomic E-state index is 12.5. The molecule has 1 spiro atoms. The molecule has 2 heterocycles. The smallest absolute Gasteiger partial charge is 0.291 e. The van der Waals surface area contributed by atoms with Gasteiger partial charge in [0.2, 0.25) is 17.7 Å². The molecule has 3 fully saturated rings. The van der Waals surface area contributed by atoms with Gasteiger partial charge in [-0.2, -0.15) is 4.98 Å². The monoisotopic (exact) mass is 386 g/mol. The van der Waals surface area contributed by atoms with E-state index in [1.165, 1.54) is 19.3 Å². The fraction of sp³-hybridized carbons (Fsp3) is 0.800. The number of aromatic nitrogens is 3. The van der Waals surface area contributed by atoms with Crippen LogP contribution in [-0.2, 0) is 11.3 Å². The van der Waals surface area contributed by atoms with Gasteiger partial charge in [0.1, 0.15) is 0 Å². The molecule has 8 heteroatoms. The molecular weight excluding hydrogens is 356 g/mol. The van der Waals surface area contributed by atoms with Gasteiger partial charge in [-0.1, -0.05) is 0 Å². The molecule has 1 unspecified atom stereocenters. The molecule has 28 heavy (non-hydrogen) atoms. The van der Waals surface area contributed by atoms with Gasteiger partial charge in [-0.25, -0.2) is 4.68 Å². The Hall–Kier alpha value is -2.12. The molecule has 0 radical (unpaired) electrons. The number of aryl methyl sites for hydroxylation is 1. The number of anilines is 1. The molecule has 1 aromatic heterocycles. The van der Waals surface area contributed by atoms with E-state index in [1.807, 2.05) is 0 Å². The third-order valence-corrected chi connectivity index (χ3v) is 7.18. The zero-order valence-electron chi connectivity index (χ0n) is 16.4. The van der Waals surface area contributed by atoms with Gasteiger partial charge in [-0.3, -0.25) is 9.59 Å². The highest BCUT2D eigenvalue weighted by Gasteiger charge is 2.49. The number of nitrogens with zero attached hydrogens (tertiary/aromatic N) is 3. The van der Waals surface area contributed by atoms with Gasteiger partial charge in [0.05, 0.1) is 0 Å². The van der Waals surface area contributed by atoms with E-state index >= 15 is 0 Å². The lowest BCUT2D eigenvalue weighted by Gasteiger charge is -2.15. The summed E-state index contributed by atoms with van der Waals surface area (Å²) in [6, 6.07) is 0.143. The van der Waals surface area contributed by atoms with Crippen molar-refractivity contribution in [1.82, 2.24) is 25.4 Å². The highest BCUT2D eigenvalue weighted by Crippen LogP contribution is 2.59. The number of fused-ring (bicyclic) bond motifs is 1. The van der Waals surface area contributed by atoms with Crippen molar-refractivity contribution in [3.05, 3.63) is 5.82 Å². The third kappa shape index (κ3) is 3.61. The van der Waals surface area contributed by atoms with Crippen molar-refractivity contribution in [3.63, 3.8) is 0 Å². The summed E-state index contributed by atoms with van der Waals surface area (Å²) in [7, 11) is 0. The number of carbonyl (C=O) groups is 2. The van der Waals surface area contributed by atoms with Crippen LogP contribution in [0, 0.1) is 17.3 Å². The van der Waals surface area contributed by atoms with Crippen molar-refractivity contribution in [3.8, 4) is 0 Å². The summed E-state index contributed by atoms with van der Waals surface area (Å²) in [5.74, 6) is 1.65. The summed E-state index contributed by atoms with van der Waals surface area (Å²) in [6.07, 6.45) is 9.94. The topological polar surface area (TPSA) is 101 Å². The Morgan fingerprint density at radius 2 is 2.11 bits per heavy atom. The van der Waals surface area contributed by atoms with E-state index in [-0.39, 0.29) is 29.6 Å².